The Morgan fingerprint density at radius 2 is 1.71 bits per heavy atom. The first kappa shape index (κ1) is 26.2. The van der Waals surface area contributed by atoms with Crippen LogP contribution < -0.4 is 0 Å². The zero-order valence-electron chi connectivity index (χ0n) is 21.3. The Kier molecular flexibility index (Phi) is 8.35. The first-order chi connectivity index (χ1) is 16.2. The second-order valence-corrected chi connectivity index (χ2v) is 8.69. The van der Waals surface area contributed by atoms with Crippen molar-refractivity contribution in [1.82, 2.24) is 10.1 Å². The first-order valence-corrected chi connectivity index (χ1v) is 11.6. The van der Waals surface area contributed by atoms with Crippen LogP contribution in [0.15, 0.2) is 11.8 Å². The van der Waals surface area contributed by atoms with Crippen molar-refractivity contribution in [2.45, 2.75) is 53.0 Å². The Labute approximate surface area is 201 Å². The van der Waals surface area contributed by atoms with E-state index in [0.29, 0.717) is 38.1 Å². The molecule has 188 valence electrons. The number of nitrogens with zero attached hydrogens (tertiary/aromatic N) is 2. The maximum atomic E-state index is 14.0. The van der Waals surface area contributed by atoms with Gasteiger partial charge in [0.1, 0.15) is 5.54 Å². The number of benzene rings is 1. The van der Waals surface area contributed by atoms with E-state index in [4.69, 9.17) is 23.9 Å². The summed E-state index contributed by atoms with van der Waals surface area (Å²) < 4.78 is 16.1. The van der Waals surface area contributed by atoms with E-state index in [0.717, 1.165) is 27.8 Å². The smallest absolute Gasteiger partial charge is 0.434 e. The SMILES string of the molecule is CCOC(=O)OC1=C(c2c(C)cc(C)c(C)c2C)C(=O)N(OCCOC)C12CCN(OC)CC2. The number of aryl methyl sites for hydroxylation is 2. The molecule has 0 aliphatic carbocycles. The summed E-state index contributed by atoms with van der Waals surface area (Å²) in [5.41, 5.74) is 4.24. The summed E-state index contributed by atoms with van der Waals surface area (Å²) in [6.45, 7) is 11.5. The molecule has 1 fully saturated rings. The van der Waals surface area contributed by atoms with Crippen LogP contribution in [-0.4, -0.2) is 74.9 Å². The van der Waals surface area contributed by atoms with Gasteiger partial charge in [-0.1, -0.05) is 6.07 Å². The number of piperidine rings is 1. The van der Waals surface area contributed by atoms with E-state index in [9.17, 15) is 9.59 Å². The van der Waals surface area contributed by atoms with Gasteiger partial charge >= 0.3 is 6.16 Å². The average molecular weight is 477 g/mol. The second-order valence-electron chi connectivity index (χ2n) is 8.69. The molecule has 1 spiro atoms. The molecule has 0 unspecified atom stereocenters. The van der Waals surface area contributed by atoms with Gasteiger partial charge in [0.2, 0.25) is 0 Å². The average Bonchev–Trinajstić information content (AvgIpc) is 3.01. The van der Waals surface area contributed by atoms with Crippen LogP contribution in [0.2, 0.25) is 0 Å². The van der Waals surface area contributed by atoms with Gasteiger partial charge in [0.15, 0.2) is 5.76 Å². The van der Waals surface area contributed by atoms with Gasteiger partial charge in [-0.25, -0.2) is 9.86 Å². The van der Waals surface area contributed by atoms with Crippen molar-refractivity contribution in [3.8, 4) is 0 Å². The van der Waals surface area contributed by atoms with Crippen LogP contribution in [0, 0.1) is 27.7 Å². The Morgan fingerprint density at radius 3 is 2.29 bits per heavy atom. The van der Waals surface area contributed by atoms with Gasteiger partial charge < -0.3 is 19.0 Å². The standard InChI is InChI=1S/C25H36N2O7/c1-8-32-24(29)34-22-21(20-17(3)15-16(2)18(4)19(20)5)23(28)27(33-14-13-30-6)25(22)9-11-26(31-7)12-10-25/h15H,8-14H2,1-7H3. The van der Waals surface area contributed by atoms with E-state index in [1.807, 2.05) is 32.8 Å². The lowest BCUT2D eigenvalue weighted by Gasteiger charge is -2.43. The second kappa shape index (κ2) is 10.9. The number of carbonyl (C=O) groups excluding carboxylic acids is 2. The lowest BCUT2D eigenvalue weighted by atomic mass is 9.84. The number of rotatable bonds is 8. The Morgan fingerprint density at radius 1 is 1.03 bits per heavy atom. The third kappa shape index (κ3) is 4.70. The molecule has 2 aliphatic heterocycles. The van der Waals surface area contributed by atoms with Crippen molar-refractivity contribution < 1.29 is 33.5 Å². The zero-order valence-corrected chi connectivity index (χ0v) is 21.3. The number of hydrogen-bond acceptors (Lipinski definition) is 8. The Balaban J connectivity index is 2.22. The molecule has 0 atom stereocenters. The highest BCUT2D eigenvalue weighted by Gasteiger charge is 2.57. The summed E-state index contributed by atoms with van der Waals surface area (Å²) in [4.78, 5) is 38.0. The summed E-state index contributed by atoms with van der Waals surface area (Å²) in [5, 5.41) is 3.20. The largest absolute Gasteiger partial charge is 0.513 e. The number of methoxy groups -OCH3 is 1. The molecule has 34 heavy (non-hydrogen) atoms. The van der Waals surface area contributed by atoms with E-state index in [2.05, 4.69) is 6.07 Å². The molecule has 0 aromatic heterocycles. The molecule has 2 aliphatic rings. The molecule has 9 heteroatoms. The molecule has 0 saturated carbocycles. The van der Waals surface area contributed by atoms with Crippen LogP contribution in [0.4, 0.5) is 4.79 Å². The molecule has 1 aromatic rings. The maximum Gasteiger partial charge on any atom is 0.513 e. The number of hydroxylamine groups is 4. The van der Waals surface area contributed by atoms with Crippen molar-refractivity contribution in [2.75, 3.05) is 47.1 Å². The number of hydrogen-bond donors (Lipinski definition) is 0. The highest BCUT2D eigenvalue weighted by Crippen LogP contribution is 2.48. The van der Waals surface area contributed by atoms with Gasteiger partial charge in [0.05, 0.1) is 32.5 Å². The van der Waals surface area contributed by atoms with Gasteiger partial charge in [-0.05, 0) is 75.3 Å². The van der Waals surface area contributed by atoms with Gasteiger partial charge in [-0.2, -0.15) is 5.06 Å². The summed E-state index contributed by atoms with van der Waals surface area (Å²) in [7, 11) is 3.19. The summed E-state index contributed by atoms with van der Waals surface area (Å²) in [6.07, 6.45) is 0.0795. The Hall–Kier alpha value is -2.46. The molecule has 3 rings (SSSR count). The molecular weight excluding hydrogens is 440 g/mol. The minimum atomic E-state index is -0.973. The fraction of sp³-hybridized carbons (Fsp3) is 0.600. The molecule has 0 radical (unpaired) electrons. The van der Waals surface area contributed by atoms with Gasteiger partial charge in [-0.3, -0.25) is 9.63 Å². The van der Waals surface area contributed by atoms with E-state index >= 15 is 0 Å². The van der Waals surface area contributed by atoms with Gasteiger partial charge in [0, 0.05) is 20.2 Å². The van der Waals surface area contributed by atoms with E-state index in [1.54, 1.807) is 21.1 Å². The first-order valence-electron chi connectivity index (χ1n) is 11.6. The van der Waals surface area contributed by atoms with Crippen LogP contribution in [-0.2, 0) is 28.7 Å². The minimum Gasteiger partial charge on any atom is -0.434 e. The molecule has 1 amide bonds. The van der Waals surface area contributed by atoms with E-state index in [1.165, 1.54) is 5.06 Å². The van der Waals surface area contributed by atoms with Gasteiger partial charge in [0.25, 0.3) is 5.91 Å². The van der Waals surface area contributed by atoms with Gasteiger partial charge in [-0.15, -0.1) is 0 Å². The number of carbonyl (C=O) groups is 2. The highest BCUT2D eigenvalue weighted by molar-refractivity contribution is 6.23. The lowest BCUT2D eigenvalue weighted by molar-refractivity contribution is -0.235. The zero-order chi connectivity index (χ0) is 25.0. The van der Waals surface area contributed by atoms with Crippen molar-refractivity contribution in [2.24, 2.45) is 0 Å². The summed E-state index contributed by atoms with van der Waals surface area (Å²) in [6, 6.07) is 2.05. The predicted molar refractivity (Wildman–Crippen MR) is 126 cm³/mol. The van der Waals surface area contributed by atoms with Crippen molar-refractivity contribution in [3.63, 3.8) is 0 Å². The molecule has 1 saturated heterocycles. The molecule has 9 nitrogen and oxygen atoms in total. The number of ether oxygens (including phenoxy) is 3. The molecular formula is C25H36N2O7. The van der Waals surface area contributed by atoms with Crippen LogP contribution >= 0.6 is 0 Å². The monoisotopic (exact) mass is 476 g/mol. The van der Waals surface area contributed by atoms with Crippen molar-refractivity contribution in [3.05, 3.63) is 39.6 Å². The fourth-order valence-corrected chi connectivity index (χ4v) is 4.85. The quantitative estimate of drug-likeness (QED) is 0.415. The number of amides is 1. The molecule has 0 bridgehead atoms. The normalized spacial score (nSPS) is 18.2. The molecule has 2 heterocycles. The summed E-state index contributed by atoms with van der Waals surface area (Å²) in [5.74, 6) is -0.0608. The van der Waals surface area contributed by atoms with Crippen LogP contribution in [0.1, 0.15) is 47.6 Å². The lowest BCUT2D eigenvalue weighted by Crippen LogP contribution is -2.55. The van der Waals surface area contributed by atoms with Crippen LogP contribution in [0.5, 0.6) is 0 Å². The maximum absolute atomic E-state index is 14.0. The third-order valence-corrected chi connectivity index (χ3v) is 6.81. The van der Waals surface area contributed by atoms with Crippen LogP contribution in [0.25, 0.3) is 5.57 Å². The summed E-state index contributed by atoms with van der Waals surface area (Å²) >= 11 is 0. The fourth-order valence-electron chi connectivity index (χ4n) is 4.85. The third-order valence-electron chi connectivity index (χ3n) is 6.81. The molecule has 0 N–H and O–H groups in total. The topological polar surface area (TPSA) is 86.8 Å². The van der Waals surface area contributed by atoms with Crippen molar-refractivity contribution >= 4 is 17.6 Å². The highest BCUT2D eigenvalue weighted by atomic mass is 16.7. The Bertz CT molecular complexity index is 965. The minimum absolute atomic E-state index is 0.162. The van der Waals surface area contributed by atoms with E-state index in [-0.39, 0.29) is 24.9 Å². The van der Waals surface area contributed by atoms with Crippen LogP contribution in [0.3, 0.4) is 0 Å². The van der Waals surface area contributed by atoms with E-state index < -0.39 is 11.7 Å². The predicted octanol–water partition coefficient (Wildman–Crippen LogP) is 3.62. The molecule has 1 aromatic carbocycles. The van der Waals surface area contributed by atoms with Crippen molar-refractivity contribution in [1.29, 1.82) is 0 Å².